The quantitative estimate of drug-likeness (QED) is 0.160. The molecule has 1 fully saturated rings. The Balaban J connectivity index is 1.51. The van der Waals surface area contributed by atoms with E-state index < -0.39 is 5.82 Å². The van der Waals surface area contributed by atoms with Gasteiger partial charge in [0.15, 0.2) is 0 Å². The fourth-order valence-electron chi connectivity index (χ4n) is 4.00. The van der Waals surface area contributed by atoms with Crippen LogP contribution in [0.25, 0.3) is 10.9 Å². The van der Waals surface area contributed by atoms with Crippen molar-refractivity contribution in [1.29, 1.82) is 0 Å². The van der Waals surface area contributed by atoms with Crippen LogP contribution in [-0.4, -0.2) is 47.8 Å². The molecule has 11 heteroatoms. The highest BCUT2D eigenvalue weighted by Gasteiger charge is 2.21. The first-order valence-electron chi connectivity index (χ1n) is 12.8. The number of benzene rings is 2. The first kappa shape index (κ1) is 28.3. The summed E-state index contributed by atoms with van der Waals surface area (Å²) < 4.78 is 30.1. The number of carbonyl (C=O) groups is 2. The SMILES string of the molecule is CCOC(=O)CCCC/C=C/C(=O)Nc1cc2c(Nc3ccc(F)c(Cl)c3)ncnc2cc1O[C@@H]1CCOC1. The van der Waals surface area contributed by atoms with E-state index in [1.807, 2.05) is 0 Å². The average molecular weight is 557 g/mol. The molecule has 0 saturated carbocycles. The number of halogens is 2. The van der Waals surface area contributed by atoms with Crippen LogP contribution in [0.5, 0.6) is 5.75 Å². The van der Waals surface area contributed by atoms with Gasteiger partial charge in [-0.15, -0.1) is 0 Å². The predicted octanol–water partition coefficient (Wildman–Crippen LogP) is 5.95. The van der Waals surface area contributed by atoms with Crippen LogP contribution < -0.4 is 15.4 Å². The van der Waals surface area contributed by atoms with Crippen LogP contribution in [0.15, 0.2) is 48.8 Å². The smallest absolute Gasteiger partial charge is 0.305 e. The van der Waals surface area contributed by atoms with Crippen molar-refractivity contribution in [1.82, 2.24) is 9.97 Å². The molecule has 1 aliphatic rings. The molecule has 9 nitrogen and oxygen atoms in total. The van der Waals surface area contributed by atoms with Crippen molar-refractivity contribution in [3.05, 3.63) is 59.7 Å². The third-order valence-corrected chi connectivity index (χ3v) is 6.22. The number of nitrogens with one attached hydrogen (secondary N) is 2. The summed E-state index contributed by atoms with van der Waals surface area (Å²) in [5.41, 5.74) is 1.58. The fraction of sp³-hybridized carbons (Fsp3) is 0.357. The largest absolute Gasteiger partial charge is 0.486 e. The molecule has 206 valence electrons. The highest BCUT2D eigenvalue weighted by atomic mass is 35.5. The van der Waals surface area contributed by atoms with E-state index in [2.05, 4.69) is 20.6 Å². The number of nitrogens with zero attached hydrogens (tertiary/aromatic N) is 2. The molecule has 3 aromatic rings. The number of rotatable bonds is 12. The predicted molar refractivity (Wildman–Crippen MR) is 147 cm³/mol. The van der Waals surface area contributed by atoms with Crippen molar-refractivity contribution in [3.8, 4) is 5.75 Å². The summed E-state index contributed by atoms with van der Waals surface area (Å²) in [7, 11) is 0. The maximum absolute atomic E-state index is 13.6. The summed E-state index contributed by atoms with van der Waals surface area (Å²) in [5.74, 6) is -0.153. The summed E-state index contributed by atoms with van der Waals surface area (Å²) in [6, 6.07) is 7.75. The first-order chi connectivity index (χ1) is 18.9. The molecule has 2 aromatic carbocycles. The van der Waals surface area contributed by atoms with E-state index in [1.165, 1.54) is 24.5 Å². The lowest BCUT2D eigenvalue weighted by atomic mass is 10.1. The van der Waals surface area contributed by atoms with E-state index in [1.54, 1.807) is 31.2 Å². The second-order valence-electron chi connectivity index (χ2n) is 8.89. The van der Waals surface area contributed by atoms with Gasteiger partial charge in [-0.3, -0.25) is 9.59 Å². The Kier molecular flexibility index (Phi) is 10.0. The molecule has 2 heterocycles. The van der Waals surface area contributed by atoms with Crippen LogP contribution in [0.1, 0.15) is 39.0 Å². The number of allylic oxidation sites excluding steroid dienone is 1. The van der Waals surface area contributed by atoms with Crippen molar-refractivity contribution in [2.45, 2.75) is 45.1 Å². The average Bonchev–Trinajstić information content (AvgIpc) is 3.42. The zero-order valence-electron chi connectivity index (χ0n) is 21.5. The summed E-state index contributed by atoms with van der Waals surface area (Å²) >= 11 is 5.93. The Labute approximate surface area is 230 Å². The molecule has 0 unspecified atom stereocenters. The number of unbranched alkanes of at least 4 members (excludes halogenated alkanes) is 2. The van der Waals surface area contributed by atoms with E-state index in [-0.39, 0.29) is 23.0 Å². The van der Waals surface area contributed by atoms with Crippen molar-refractivity contribution in [3.63, 3.8) is 0 Å². The lowest BCUT2D eigenvalue weighted by Crippen LogP contribution is -2.18. The molecular formula is C28H30ClFN4O5. The highest BCUT2D eigenvalue weighted by Crippen LogP contribution is 2.35. The third-order valence-electron chi connectivity index (χ3n) is 5.93. The molecule has 0 radical (unpaired) electrons. The molecule has 1 aliphatic heterocycles. The molecule has 1 aromatic heterocycles. The van der Waals surface area contributed by atoms with Crippen molar-refractivity contribution >= 4 is 51.6 Å². The van der Waals surface area contributed by atoms with Crippen LogP contribution in [0, 0.1) is 5.82 Å². The number of hydrogen-bond donors (Lipinski definition) is 2. The van der Waals surface area contributed by atoms with E-state index in [0.717, 1.165) is 12.8 Å². The summed E-state index contributed by atoms with van der Waals surface area (Å²) in [6.45, 7) is 3.21. The molecule has 39 heavy (non-hydrogen) atoms. The zero-order valence-corrected chi connectivity index (χ0v) is 22.3. The van der Waals surface area contributed by atoms with Gasteiger partial charge in [-0.25, -0.2) is 14.4 Å². The van der Waals surface area contributed by atoms with Gasteiger partial charge in [0.2, 0.25) is 5.91 Å². The number of anilines is 3. The maximum atomic E-state index is 13.6. The van der Waals surface area contributed by atoms with Gasteiger partial charge >= 0.3 is 5.97 Å². The minimum atomic E-state index is -0.524. The van der Waals surface area contributed by atoms with E-state index in [4.69, 9.17) is 25.8 Å². The van der Waals surface area contributed by atoms with E-state index in [9.17, 15) is 14.0 Å². The normalized spacial score (nSPS) is 15.0. The Morgan fingerprint density at radius 1 is 1.23 bits per heavy atom. The number of ether oxygens (including phenoxy) is 3. The number of fused-ring (bicyclic) bond motifs is 1. The second kappa shape index (κ2) is 13.9. The summed E-state index contributed by atoms with van der Waals surface area (Å²) in [4.78, 5) is 32.9. The topological polar surface area (TPSA) is 112 Å². The molecule has 0 aliphatic carbocycles. The van der Waals surface area contributed by atoms with Crippen LogP contribution >= 0.6 is 11.6 Å². The lowest BCUT2D eigenvalue weighted by molar-refractivity contribution is -0.143. The van der Waals surface area contributed by atoms with E-state index in [0.29, 0.717) is 72.9 Å². The minimum Gasteiger partial charge on any atom is -0.486 e. The number of hydrogen-bond acceptors (Lipinski definition) is 8. The van der Waals surface area contributed by atoms with Gasteiger partial charge in [-0.2, -0.15) is 0 Å². The summed E-state index contributed by atoms with van der Waals surface area (Å²) in [5, 5.41) is 6.62. The van der Waals surface area contributed by atoms with Crippen LogP contribution in [-0.2, 0) is 19.1 Å². The summed E-state index contributed by atoms with van der Waals surface area (Å²) in [6.07, 6.45) is 7.67. The number of amides is 1. The Morgan fingerprint density at radius 2 is 2.10 bits per heavy atom. The lowest BCUT2D eigenvalue weighted by Gasteiger charge is -2.17. The third kappa shape index (κ3) is 8.11. The van der Waals surface area contributed by atoms with Gasteiger partial charge in [0.1, 0.15) is 29.8 Å². The van der Waals surface area contributed by atoms with Crippen molar-refractivity contribution in [2.24, 2.45) is 0 Å². The number of aromatic nitrogens is 2. The Hall–Kier alpha value is -3.76. The number of carbonyl (C=O) groups excluding carboxylic acids is 2. The van der Waals surface area contributed by atoms with Gasteiger partial charge in [0.05, 0.1) is 36.0 Å². The Bertz CT molecular complexity index is 1350. The molecule has 2 N–H and O–H groups in total. The standard InChI is InChI=1S/C28H30ClFN4O5/c1-2-38-27(36)8-6-4-3-5-7-26(35)34-24-14-20-23(15-25(24)39-19-11-12-37-16-19)31-17-32-28(20)33-18-9-10-22(30)21(29)13-18/h5,7,9-10,13-15,17,19H,2-4,6,8,11-12,16H2,1H3,(H,34,35)(H,31,32,33)/b7-5+/t19-/m1/s1. The fourth-order valence-corrected chi connectivity index (χ4v) is 4.18. The monoisotopic (exact) mass is 556 g/mol. The molecule has 1 atom stereocenters. The van der Waals surface area contributed by atoms with Gasteiger partial charge in [0.25, 0.3) is 0 Å². The zero-order chi connectivity index (χ0) is 27.6. The molecular weight excluding hydrogens is 527 g/mol. The maximum Gasteiger partial charge on any atom is 0.305 e. The minimum absolute atomic E-state index is 0.0199. The molecule has 1 amide bonds. The van der Waals surface area contributed by atoms with Crippen molar-refractivity contribution < 1.29 is 28.2 Å². The number of esters is 1. The van der Waals surface area contributed by atoms with Crippen LogP contribution in [0.3, 0.4) is 0 Å². The molecule has 0 spiro atoms. The molecule has 0 bridgehead atoms. The highest BCUT2D eigenvalue weighted by molar-refractivity contribution is 6.31. The van der Waals surface area contributed by atoms with Crippen molar-refractivity contribution in [2.75, 3.05) is 30.5 Å². The molecule has 4 rings (SSSR count). The van der Waals surface area contributed by atoms with Gasteiger partial charge < -0.3 is 24.8 Å². The van der Waals surface area contributed by atoms with Crippen LogP contribution in [0.4, 0.5) is 21.6 Å². The van der Waals surface area contributed by atoms with Gasteiger partial charge in [-0.1, -0.05) is 17.7 Å². The van der Waals surface area contributed by atoms with Gasteiger partial charge in [0, 0.05) is 30.0 Å². The first-order valence-corrected chi connectivity index (χ1v) is 13.2. The molecule has 1 saturated heterocycles. The van der Waals surface area contributed by atoms with Gasteiger partial charge in [-0.05, 0) is 56.5 Å². The Morgan fingerprint density at radius 3 is 2.87 bits per heavy atom. The van der Waals surface area contributed by atoms with E-state index >= 15 is 0 Å². The second-order valence-corrected chi connectivity index (χ2v) is 9.29. The van der Waals surface area contributed by atoms with Crippen LogP contribution in [0.2, 0.25) is 5.02 Å².